The Balaban J connectivity index is 1.98. The highest BCUT2D eigenvalue weighted by Crippen LogP contribution is 2.11. The van der Waals surface area contributed by atoms with E-state index in [0.29, 0.717) is 18.4 Å². The van der Waals surface area contributed by atoms with Gasteiger partial charge < -0.3 is 5.11 Å². The molecule has 0 spiro atoms. The fourth-order valence-corrected chi connectivity index (χ4v) is 2.08. The fraction of sp³-hybridized carbons (Fsp3) is 0.167. The molecule has 0 aliphatic rings. The number of aryl methyl sites for hydroxylation is 1. The average Bonchev–Trinajstić information content (AvgIpc) is 2.49. The number of aliphatic carboxylic acids is 1. The van der Waals surface area contributed by atoms with Gasteiger partial charge in [0.25, 0.3) is 0 Å². The lowest BCUT2D eigenvalue weighted by molar-refractivity contribution is -0.132. The quantitative estimate of drug-likeness (QED) is 0.806. The van der Waals surface area contributed by atoms with Crippen LogP contribution in [-0.2, 0) is 17.6 Å². The maximum absolute atomic E-state index is 11.3. The Labute approximate surface area is 119 Å². The molecule has 2 aromatic rings. The van der Waals surface area contributed by atoms with Crippen molar-refractivity contribution in [3.63, 3.8) is 0 Å². The van der Waals surface area contributed by atoms with E-state index in [1.807, 2.05) is 66.7 Å². The maximum Gasteiger partial charge on any atom is 0.331 e. The lowest BCUT2D eigenvalue weighted by Gasteiger charge is -2.04. The van der Waals surface area contributed by atoms with Crippen LogP contribution in [0.2, 0.25) is 0 Å². The Kier molecular flexibility index (Phi) is 5.13. The molecule has 0 aliphatic heterocycles. The van der Waals surface area contributed by atoms with E-state index in [1.54, 1.807) is 0 Å². The fourth-order valence-electron chi connectivity index (χ4n) is 2.08. The average molecular weight is 266 g/mol. The van der Waals surface area contributed by atoms with Crippen molar-refractivity contribution >= 4 is 5.97 Å². The second-order valence-corrected chi connectivity index (χ2v) is 4.71. The third kappa shape index (κ3) is 4.39. The highest BCUT2D eigenvalue weighted by Gasteiger charge is 2.07. The summed E-state index contributed by atoms with van der Waals surface area (Å²) in [6.45, 7) is 0. The molecule has 0 aromatic heterocycles. The van der Waals surface area contributed by atoms with Gasteiger partial charge in [0.05, 0.1) is 0 Å². The zero-order valence-corrected chi connectivity index (χ0v) is 11.3. The minimum atomic E-state index is -0.822. The standard InChI is InChI=1S/C18H18O2/c19-18(20)17(13-11-15-7-3-1-4-8-15)14-12-16-9-5-2-6-10-16/h1-10,13H,11-12,14H2,(H,19,20). The topological polar surface area (TPSA) is 37.3 Å². The number of rotatable bonds is 6. The number of benzene rings is 2. The molecule has 0 heterocycles. The summed E-state index contributed by atoms with van der Waals surface area (Å²) >= 11 is 0. The first-order chi connectivity index (χ1) is 9.75. The van der Waals surface area contributed by atoms with Crippen LogP contribution in [-0.4, -0.2) is 11.1 Å². The van der Waals surface area contributed by atoms with Gasteiger partial charge in [-0.15, -0.1) is 0 Å². The lowest BCUT2D eigenvalue weighted by atomic mass is 10.0. The second-order valence-electron chi connectivity index (χ2n) is 4.71. The van der Waals surface area contributed by atoms with Gasteiger partial charge in [-0.25, -0.2) is 4.79 Å². The van der Waals surface area contributed by atoms with Crippen molar-refractivity contribution in [1.29, 1.82) is 0 Å². The van der Waals surface area contributed by atoms with Gasteiger partial charge in [-0.1, -0.05) is 66.7 Å². The Bertz CT molecular complexity index is 571. The number of carbonyl (C=O) groups is 1. The van der Waals surface area contributed by atoms with E-state index in [4.69, 9.17) is 0 Å². The van der Waals surface area contributed by atoms with E-state index in [9.17, 15) is 9.90 Å². The molecule has 2 rings (SSSR count). The van der Waals surface area contributed by atoms with Gasteiger partial charge in [0.2, 0.25) is 0 Å². The summed E-state index contributed by atoms with van der Waals surface area (Å²) in [5.74, 6) is -0.822. The monoisotopic (exact) mass is 266 g/mol. The molecule has 0 unspecified atom stereocenters. The van der Waals surface area contributed by atoms with E-state index in [2.05, 4.69) is 0 Å². The zero-order chi connectivity index (χ0) is 14.2. The van der Waals surface area contributed by atoms with Gasteiger partial charge in [0.1, 0.15) is 0 Å². The lowest BCUT2D eigenvalue weighted by Crippen LogP contribution is -2.03. The molecule has 0 bridgehead atoms. The largest absolute Gasteiger partial charge is 0.478 e. The number of hydrogen-bond acceptors (Lipinski definition) is 1. The second kappa shape index (κ2) is 7.29. The summed E-state index contributed by atoms with van der Waals surface area (Å²) in [5.41, 5.74) is 2.78. The van der Waals surface area contributed by atoms with Gasteiger partial charge in [-0.05, 0) is 30.4 Å². The maximum atomic E-state index is 11.3. The van der Waals surface area contributed by atoms with Gasteiger partial charge in [-0.2, -0.15) is 0 Å². The normalized spacial score (nSPS) is 11.3. The summed E-state index contributed by atoms with van der Waals surface area (Å²) in [6.07, 6.45) is 3.80. The van der Waals surface area contributed by atoms with Gasteiger partial charge >= 0.3 is 5.97 Å². The minimum Gasteiger partial charge on any atom is -0.478 e. The molecule has 0 saturated carbocycles. The van der Waals surface area contributed by atoms with Crippen molar-refractivity contribution in [2.75, 3.05) is 0 Å². The number of allylic oxidation sites excluding steroid dienone is 1. The van der Waals surface area contributed by atoms with Gasteiger partial charge in [0, 0.05) is 5.57 Å². The summed E-state index contributed by atoms with van der Waals surface area (Å²) in [7, 11) is 0. The molecule has 102 valence electrons. The van der Waals surface area contributed by atoms with Crippen molar-refractivity contribution in [2.24, 2.45) is 0 Å². The van der Waals surface area contributed by atoms with E-state index in [-0.39, 0.29) is 0 Å². The summed E-state index contributed by atoms with van der Waals surface area (Å²) in [4.78, 5) is 11.3. The van der Waals surface area contributed by atoms with Crippen LogP contribution in [0.15, 0.2) is 72.3 Å². The highest BCUT2D eigenvalue weighted by atomic mass is 16.4. The first-order valence-electron chi connectivity index (χ1n) is 6.76. The van der Waals surface area contributed by atoms with Gasteiger partial charge in [0.15, 0.2) is 0 Å². The SMILES string of the molecule is O=C(O)C(=CCc1ccccc1)CCc1ccccc1. The van der Waals surface area contributed by atoms with Crippen LogP contribution in [0.5, 0.6) is 0 Å². The van der Waals surface area contributed by atoms with E-state index >= 15 is 0 Å². The van der Waals surface area contributed by atoms with Crippen LogP contribution in [0.3, 0.4) is 0 Å². The number of hydrogen-bond donors (Lipinski definition) is 1. The molecule has 0 atom stereocenters. The first kappa shape index (κ1) is 14.1. The summed E-state index contributed by atoms with van der Waals surface area (Å²) in [5, 5.41) is 9.26. The summed E-state index contributed by atoms with van der Waals surface area (Å²) in [6, 6.07) is 19.9. The van der Waals surface area contributed by atoms with Crippen molar-refractivity contribution in [3.05, 3.63) is 83.4 Å². The van der Waals surface area contributed by atoms with Crippen LogP contribution >= 0.6 is 0 Å². The van der Waals surface area contributed by atoms with Gasteiger partial charge in [-0.3, -0.25) is 0 Å². The van der Waals surface area contributed by atoms with Crippen LogP contribution < -0.4 is 0 Å². The Morgan fingerprint density at radius 3 is 2.00 bits per heavy atom. The Morgan fingerprint density at radius 1 is 0.900 bits per heavy atom. The highest BCUT2D eigenvalue weighted by molar-refractivity contribution is 5.86. The van der Waals surface area contributed by atoms with Crippen molar-refractivity contribution < 1.29 is 9.90 Å². The molecular weight excluding hydrogens is 248 g/mol. The molecule has 0 radical (unpaired) electrons. The van der Waals surface area contributed by atoms with Crippen LogP contribution in [0.1, 0.15) is 17.5 Å². The molecule has 0 fully saturated rings. The molecule has 2 nitrogen and oxygen atoms in total. The van der Waals surface area contributed by atoms with E-state index in [1.165, 1.54) is 5.56 Å². The molecule has 2 heteroatoms. The van der Waals surface area contributed by atoms with Crippen molar-refractivity contribution in [1.82, 2.24) is 0 Å². The van der Waals surface area contributed by atoms with Crippen molar-refractivity contribution in [3.8, 4) is 0 Å². The smallest absolute Gasteiger partial charge is 0.331 e. The third-order valence-corrected chi connectivity index (χ3v) is 3.23. The molecule has 2 aromatic carbocycles. The van der Waals surface area contributed by atoms with E-state index in [0.717, 1.165) is 12.0 Å². The zero-order valence-electron chi connectivity index (χ0n) is 11.3. The molecule has 1 N–H and O–H groups in total. The first-order valence-corrected chi connectivity index (χ1v) is 6.76. The third-order valence-electron chi connectivity index (χ3n) is 3.23. The number of carboxylic acids is 1. The molecule has 0 saturated heterocycles. The molecule has 0 amide bonds. The Morgan fingerprint density at radius 2 is 1.45 bits per heavy atom. The van der Waals surface area contributed by atoms with Crippen LogP contribution in [0, 0.1) is 0 Å². The van der Waals surface area contributed by atoms with Crippen LogP contribution in [0.25, 0.3) is 0 Å². The molecular formula is C18H18O2. The number of carboxylic acid groups (broad SMARTS) is 1. The van der Waals surface area contributed by atoms with Crippen LogP contribution in [0.4, 0.5) is 0 Å². The minimum absolute atomic E-state index is 0.484. The molecule has 0 aliphatic carbocycles. The van der Waals surface area contributed by atoms with Crippen molar-refractivity contribution in [2.45, 2.75) is 19.3 Å². The Hall–Kier alpha value is -2.35. The predicted octanol–water partition coefficient (Wildman–Crippen LogP) is 3.87. The molecule has 20 heavy (non-hydrogen) atoms. The van der Waals surface area contributed by atoms with E-state index < -0.39 is 5.97 Å². The summed E-state index contributed by atoms with van der Waals surface area (Å²) < 4.78 is 0. The predicted molar refractivity (Wildman–Crippen MR) is 80.6 cm³/mol.